The van der Waals surface area contributed by atoms with E-state index in [-0.39, 0.29) is 48.5 Å². The van der Waals surface area contributed by atoms with Gasteiger partial charge in [0.1, 0.15) is 11.6 Å². The highest BCUT2D eigenvalue weighted by molar-refractivity contribution is 7.59. The van der Waals surface area contributed by atoms with E-state index in [1.54, 1.807) is 4.90 Å². The van der Waals surface area contributed by atoms with E-state index >= 15 is 0 Å². The van der Waals surface area contributed by atoms with Crippen LogP contribution in [-0.2, 0) is 0 Å². The van der Waals surface area contributed by atoms with Crippen LogP contribution < -0.4 is 20.7 Å². The Kier molecular flexibility index (Phi) is 8.09. The molecule has 2 aromatic rings. The summed E-state index contributed by atoms with van der Waals surface area (Å²) in [5.41, 5.74) is 5.69. The minimum absolute atomic E-state index is 0. The highest BCUT2D eigenvalue weighted by Crippen LogP contribution is 2.43. The van der Waals surface area contributed by atoms with Crippen molar-refractivity contribution in [2.24, 2.45) is 11.7 Å². The van der Waals surface area contributed by atoms with E-state index in [4.69, 9.17) is 10.5 Å². The van der Waals surface area contributed by atoms with Crippen LogP contribution in [-0.4, -0.2) is 48.3 Å². The maximum Gasteiger partial charge on any atom is 0.422 e. The van der Waals surface area contributed by atoms with Crippen LogP contribution in [0.1, 0.15) is 43.5 Å². The van der Waals surface area contributed by atoms with Crippen molar-refractivity contribution in [3.63, 3.8) is 0 Å². The van der Waals surface area contributed by atoms with E-state index in [0.29, 0.717) is 24.9 Å². The van der Waals surface area contributed by atoms with Crippen LogP contribution in [0.4, 0.5) is 27.6 Å². The van der Waals surface area contributed by atoms with Gasteiger partial charge in [-0.1, -0.05) is 0 Å². The average Bonchev–Trinajstić information content (AvgIpc) is 3.53. The number of benzene rings is 1. The van der Waals surface area contributed by atoms with Crippen LogP contribution in [0.25, 0.3) is 11.1 Å². The number of anilines is 1. The topological polar surface area (TPSA) is 80.5 Å². The molecule has 1 aromatic heterocycles. The first-order valence-electron chi connectivity index (χ1n) is 11.4. The van der Waals surface area contributed by atoms with E-state index < -0.39 is 41.7 Å². The van der Waals surface area contributed by atoms with Gasteiger partial charge in [0.05, 0.1) is 16.8 Å². The summed E-state index contributed by atoms with van der Waals surface area (Å²) < 4.78 is 72.3. The normalized spacial score (nSPS) is 20.6. The summed E-state index contributed by atoms with van der Waals surface area (Å²) in [5, 5.41) is 2.91. The van der Waals surface area contributed by atoms with Crippen molar-refractivity contribution < 1.29 is 31.5 Å². The summed E-state index contributed by atoms with van der Waals surface area (Å²) in [4.78, 5) is 19.0. The number of aromatic nitrogens is 1. The van der Waals surface area contributed by atoms with Crippen LogP contribution in [0.2, 0.25) is 0 Å². The number of hydrogen-bond acceptors (Lipinski definition) is 5. The Balaban J connectivity index is 0.00000361. The van der Waals surface area contributed by atoms with Crippen molar-refractivity contribution in [2.75, 3.05) is 24.6 Å². The third-order valence-electron chi connectivity index (χ3n) is 6.29. The van der Waals surface area contributed by atoms with Crippen LogP contribution >= 0.6 is 13.5 Å². The fraction of sp³-hybridized carbons (Fsp3) is 0.500. The summed E-state index contributed by atoms with van der Waals surface area (Å²) in [5.74, 6) is -2.50. The van der Waals surface area contributed by atoms with Gasteiger partial charge in [0.2, 0.25) is 5.88 Å². The van der Waals surface area contributed by atoms with Gasteiger partial charge in [-0.3, -0.25) is 4.79 Å². The molecule has 0 unspecified atom stereocenters. The Bertz CT molecular complexity index is 1100. The molecule has 1 amide bonds. The highest BCUT2D eigenvalue weighted by Gasteiger charge is 2.37. The predicted octanol–water partition coefficient (Wildman–Crippen LogP) is 4.54. The minimum Gasteiger partial charge on any atom is -0.468 e. The van der Waals surface area contributed by atoms with Crippen molar-refractivity contribution in [3.8, 4) is 17.0 Å². The molecule has 3 N–H and O–H groups in total. The maximum absolute atomic E-state index is 14.2. The number of nitrogens with zero attached hydrogens (tertiary/aromatic N) is 2. The smallest absolute Gasteiger partial charge is 0.422 e. The van der Waals surface area contributed by atoms with Crippen LogP contribution in [0.15, 0.2) is 24.4 Å². The van der Waals surface area contributed by atoms with Crippen molar-refractivity contribution >= 4 is 25.1 Å². The number of carbonyl (C=O) groups excluding carboxylic acids is 1. The van der Waals surface area contributed by atoms with Gasteiger partial charge < -0.3 is 20.7 Å². The summed E-state index contributed by atoms with van der Waals surface area (Å²) in [7, 11) is 0. The SMILES string of the molecule is C[C@H](NC(=O)c1cnc(OCC(F)(F)F)c(-c2cc(F)cc(F)c2)c1N1CC[C@](C)(N)C1)C1CC1.S. The third kappa shape index (κ3) is 6.58. The van der Waals surface area contributed by atoms with E-state index in [0.717, 1.165) is 31.2 Å². The number of rotatable bonds is 7. The summed E-state index contributed by atoms with van der Waals surface area (Å²) in [6, 6.07) is 2.46. The standard InChI is InChI=1S/C24H27F5N4O2.H2S/c1-13(14-3-4-14)32-21(34)18-10-31-22(35-12-24(27,28)29)19(15-7-16(25)9-17(26)8-15)20(18)33-6-5-23(2,30)11-33;/h7-10,13-14H,3-6,11-12,30H2,1-2H3,(H,32,34);1H2/t13-,23-;/m0./s1. The zero-order chi connectivity index (χ0) is 25.5. The molecule has 2 aliphatic rings. The molecule has 12 heteroatoms. The molecule has 36 heavy (non-hydrogen) atoms. The van der Waals surface area contributed by atoms with Gasteiger partial charge >= 0.3 is 6.18 Å². The van der Waals surface area contributed by atoms with Gasteiger partial charge in [0.25, 0.3) is 5.91 Å². The van der Waals surface area contributed by atoms with E-state index in [2.05, 4.69) is 10.3 Å². The molecule has 2 fully saturated rings. The van der Waals surface area contributed by atoms with Crippen LogP contribution in [0.3, 0.4) is 0 Å². The number of nitrogens with two attached hydrogens (primary N) is 1. The highest BCUT2D eigenvalue weighted by atomic mass is 32.1. The number of nitrogens with one attached hydrogen (secondary N) is 1. The maximum atomic E-state index is 14.2. The lowest BCUT2D eigenvalue weighted by atomic mass is 9.99. The van der Waals surface area contributed by atoms with Crippen molar-refractivity contribution in [2.45, 2.75) is 50.9 Å². The summed E-state index contributed by atoms with van der Waals surface area (Å²) in [6.45, 7) is 2.66. The van der Waals surface area contributed by atoms with Gasteiger partial charge in [0.15, 0.2) is 6.61 Å². The molecule has 0 radical (unpaired) electrons. The van der Waals surface area contributed by atoms with E-state index in [9.17, 15) is 26.7 Å². The molecule has 1 saturated carbocycles. The second-order valence-electron chi connectivity index (χ2n) is 9.69. The molecular weight excluding hydrogens is 503 g/mol. The van der Waals surface area contributed by atoms with Gasteiger partial charge in [-0.15, -0.1) is 0 Å². The lowest BCUT2D eigenvalue weighted by Crippen LogP contribution is -2.40. The second kappa shape index (κ2) is 10.4. The van der Waals surface area contributed by atoms with E-state index in [1.165, 1.54) is 0 Å². The fourth-order valence-corrected chi connectivity index (χ4v) is 4.37. The molecule has 0 bridgehead atoms. The lowest BCUT2D eigenvalue weighted by molar-refractivity contribution is -0.154. The molecular formula is C24H29F5N4O2S. The summed E-state index contributed by atoms with van der Waals surface area (Å²) in [6.07, 6.45) is -1.03. The molecule has 1 saturated heterocycles. The Morgan fingerprint density at radius 1 is 1.28 bits per heavy atom. The molecule has 2 atom stereocenters. The van der Waals surface area contributed by atoms with Crippen molar-refractivity contribution in [3.05, 3.63) is 41.6 Å². The zero-order valence-corrected chi connectivity index (χ0v) is 20.9. The van der Waals surface area contributed by atoms with E-state index in [1.807, 2.05) is 13.8 Å². The lowest BCUT2D eigenvalue weighted by Gasteiger charge is -2.28. The number of amides is 1. The molecule has 0 spiro atoms. The number of carbonyl (C=O) groups is 1. The van der Waals surface area contributed by atoms with Gasteiger partial charge in [-0.2, -0.15) is 26.7 Å². The first kappa shape index (κ1) is 28.0. The molecule has 2 heterocycles. The Morgan fingerprint density at radius 2 is 1.92 bits per heavy atom. The number of alkyl halides is 3. The first-order chi connectivity index (χ1) is 16.3. The van der Waals surface area contributed by atoms with Crippen LogP contribution in [0, 0.1) is 17.6 Å². The fourth-order valence-electron chi connectivity index (χ4n) is 4.37. The molecule has 4 rings (SSSR count). The van der Waals surface area contributed by atoms with Crippen LogP contribution in [0.5, 0.6) is 5.88 Å². The van der Waals surface area contributed by atoms with Gasteiger partial charge in [-0.25, -0.2) is 13.8 Å². The molecule has 1 aliphatic heterocycles. The largest absolute Gasteiger partial charge is 0.468 e. The molecule has 6 nitrogen and oxygen atoms in total. The monoisotopic (exact) mass is 532 g/mol. The van der Waals surface area contributed by atoms with Crippen molar-refractivity contribution in [1.29, 1.82) is 0 Å². The zero-order valence-electron chi connectivity index (χ0n) is 19.9. The minimum atomic E-state index is -4.68. The summed E-state index contributed by atoms with van der Waals surface area (Å²) >= 11 is 0. The number of hydrogen-bond donors (Lipinski definition) is 2. The molecule has 1 aromatic carbocycles. The number of ether oxygens (including phenoxy) is 1. The number of pyridine rings is 1. The molecule has 1 aliphatic carbocycles. The van der Waals surface area contributed by atoms with Crippen molar-refractivity contribution in [1.82, 2.24) is 10.3 Å². The third-order valence-corrected chi connectivity index (χ3v) is 6.29. The Hall–Kier alpha value is -2.60. The molecule has 198 valence electrons. The van der Waals surface area contributed by atoms with Gasteiger partial charge in [-0.05, 0) is 56.7 Å². The first-order valence-corrected chi connectivity index (χ1v) is 11.4. The number of halogens is 5. The predicted molar refractivity (Wildman–Crippen MR) is 131 cm³/mol. The quantitative estimate of drug-likeness (QED) is 0.512. The Morgan fingerprint density at radius 3 is 2.44 bits per heavy atom. The second-order valence-corrected chi connectivity index (χ2v) is 9.69. The average molecular weight is 533 g/mol. The van der Waals surface area contributed by atoms with Gasteiger partial charge in [0, 0.05) is 36.9 Å². The Labute approximate surface area is 212 Å².